The van der Waals surface area contributed by atoms with Gasteiger partial charge in [-0.1, -0.05) is 30.3 Å². The van der Waals surface area contributed by atoms with Crippen LogP contribution in [0.4, 0.5) is 0 Å². The van der Waals surface area contributed by atoms with Crippen molar-refractivity contribution in [2.75, 3.05) is 13.7 Å². The zero-order valence-corrected chi connectivity index (χ0v) is 18.9. The Hall–Kier alpha value is -3.84. The fourth-order valence-electron chi connectivity index (χ4n) is 2.94. The van der Waals surface area contributed by atoms with Crippen LogP contribution in [0.3, 0.4) is 0 Å². The molecule has 0 aliphatic carbocycles. The van der Waals surface area contributed by atoms with E-state index in [1.807, 2.05) is 62.4 Å². The lowest BCUT2D eigenvalue weighted by atomic mass is 10.1. The van der Waals surface area contributed by atoms with Gasteiger partial charge in [-0.2, -0.15) is 0 Å². The minimum atomic E-state index is -0.935. The van der Waals surface area contributed by atoms with Crippen molar-refractivity contribution in [3.05, 3.63) is 83.9 Å². The molecule has 0 amide bonds. The molecule has 0 aliphatic heterocycles. The molecular formula is C26H29NO6. The predicted molar refractivity (Wildman–Crippen MR) is 127 cm³/mol. The van der Waals surface area contributed by atoms with E-state index in [0.29, 0.717) is 28.4 Å². The van der Waals surface area contributed by atoms with Crippen LogP contribution in [0.5, 0.6) is 23.0 Å². The maximum atomic E-state index is 11.1. The maximum absolute atomic E-state index is 11.1. The van der Waals surface area contributed by atoms with E-state index in [0.717, 1.165) is 12.9 Å². The van der Waals surface area contributed by atoms with Crippen LogP contribution in [0.25, 0.3) is 0 Å². The van der Waals surface area contributed by atoms with Crippen LogP contribution >= 0.6 is 0 Å². The number of hydrogen-bond donors (Lipinski definition) is 3. The Balaban J connectivity index is 0.00000187. The van der Waals surface area contributed by atoms with E-state index in [1.54, 1.807) is 24.3 Å². The van der Waals surface area contributed by atoms with Gasteiger partial charge in [0.25, 0.3) is 0 Å². The molecule has 0 radical (unpaired) electrons. The van der Waals surface area contributed by atoms with Crippen LogP contribution in [0.1, 0.15) is 25.0 Å². The van der Waals surface area contributed by atoms with E-state index in [-0.39, 0.29) is 24.8 Å². The molecule has 0 fully saturated rings. The molecule has 174 valence electrons. The number of carboxylic acid groups (broad SMARTS) is 1. The van der Waals surface area contributed by atoms with Crippen molar-refractivity contribution in [1.82, 2.24) is 0 Å². The standard InChI is InChI=1S/C25H25NO5.CH4O/c1-17(2)30-23-12-18(13-25(27)28)11-22(15-23)29-16-24(26)19-7-6-10-21(14-19)31-20-8-4-3-5-9-20;1-2/h3-12,14-15,17,26H,13,16H2,1-2H3,(H,27,28);2H,1H3. The average molecular weight is 452 g/mol. The molecule has 0 saturated carbocycles. The number of aliphatic hydroxyl groups excluding tert-OH is 1. The summed E-state index contributed by atoms with van der Waals surface area (Å²) in [6.45, 7) is 3.81. The van der Waals surface area contributed by atoms with E-state index >= 15 is 0 Å². The molecule has 0 spiro atoms. The molecule has 0 atom stereocenters. The summed E-state index contributed by atoms with van der Waals surface area (Å²) in [5.74, 6) is 1.40. The third-order valence-electron chi connectivity index (χ3n) is 4.21. The Kier molecular flexibility index (Phi) is 9.92. The molecule has 3 aromatic carbocycles. The number of hydrogen-bond acceptors (Lipinski definition) is 6. The largest absolute Gasteiger partial charge is 0.491 e. The number of benzene rings is 3. The van der Waals surface area contributed by atoms with Crippen molar-refractivity contribution in [3.8, 4) is 23.0 Å². The minimum Gasteiger partial charge on any atom is -0.491 e. The SMILES string of the molecule is CC(C)Oc1cc(CC(=O)O)cc(OCC(=N)c2cccc(Oc3ccccc3)c2)c1.CO. The van der Waals surface area contributed by atoms with E-state index in [9.17, 15) is 4.79 Å². The minimum absolute atomic E-state index is 0.0203. The molecule has 7 heteroatoms. The quantitative estimate of drug-likeness (QED) is 0.376. The van der Waals surface area contributed by atoms with Crippen molar-refractivity contribution in [2.45, 2.75) is 26.4 Å². The summed E-state index contributed by atoms with van der Waals surface area (Å²) >= 11 is 0. The zero-order valence-electron chi connectivity index (χ0n) is 18.9. The number of carbonyl (C=O) groups is 1. The maximum Gasteiger partial charge on any atom is 0.307 e. The van der Waals surface area contributed by atoms with Gasteiger partial charge in [-0.15, -0.1) is 0 Å². The van der Waals surface area contributed by atoms with Crippen LogP contribution < -0.4 is 14.2 Å². The first-order chi connectivity index (χ1) is 15.9. The number of rotatable bonds is 10. The topological polar surface area (TPSA) is 109 Å². The lowest BCUT2D eigenvalue weighted by molar-refractivity contribution is -0.136. The van der Waals surface area contributed by atoms with E-state index < -0.39 is 5.97 Å². The molecule has 0 aliphatic rings. The lowest BCUT2D eigenvalue weighted by Gasteiger charge is -2.14. The normalized spacial score (nSPS) is 10.1. The molecule has 0 unspecified atom stereocenters. The number of nitrogens with one attached hydrogen (secondary N) is 1. The molecule has 0 heterocycles. The Morgan fingerprint density at radius 3 is 2.21 bits per heavy atom. The predicted octanol–water partition coefficient (Wildman–Crippen LogP) is 4.95. The summed E-state index contributed by atoms with van der Waals surface area (Å²) in [4.78, 5) is 11.1. The molecule has 3 rings (SSSR count). The van der Waals surface area contributed by atoms with Gasteiger partial charge < -0.3 is 29.8 Å². The van der Waals surface area contributed by atoms with Gasteiger partial charge >= 0.3 is 5.97 Å². The molecule has 7 nitrogen and oxygen atoms in total. The highest BCUT2D eigenvalue weighted by Gasteiger charge is 2.10. The van der Waals surface area contributed by atoms with Crippen LogP contribution in [0, 0.1) is 5.41 Å². The first-order valence-corrected chi connectivity index (χ1v) is 10.4. The summed E-state index contributed by atoms with van der Waals surface area (Å²) < 4.78 is 17.3. The number of para-hydroxylation sites is 1. The number of aliphatic carboxylic acids is 1. The Bertz CT molecular complexity index is 1050. The smallest absolute Gasteiger partial charge is 0.307 e. The van der Waals surface area contributed by atoms with Gasteiger partial charge in [0.1, 0.15) is 29.6 Å². The highest BCUT2D eigenvalue weighted by Crippen LogP contribution is 2.25. The second-order valence-electron chi connectivity index (χ2n) is 7.26. The lowest BCUT2D eigenvalue weighted by Crippen LogP contribution is -2.12. The molecule has 3 aromatic rings. The number of carboxylic acids is 1. The van der Waals surface area contributed by atoms with Crippen LogP contribution in [0.2, 0.25) is 0 Å². The zero-order chi connectivity index (χ0) is 24.2. The van der Waals surface area contributed by atoms with Crippen molar-refractivity contribution in [3.63, 3.8) is 0 Å². The fraction of sp³-hybridized carbons (Fsp3) is 0.231. The molecule has 3 N–H and O–H groups in total. The molecule has 33 heavy (non-hydrogen) atoms. The summed E-state index contributed by atoms with van der Waals surface area (Å²) in [5.41, 5.74) is 1.52. The molecule has 0 bridgehead atoms. The van der Waals surface area contributed by atoms with Crippen LogP contribution in [-0.2, 0) is 11.2 Å². The molecule has 0 saturated heterocycles. The summed E-state index contributed by atoms with van der Waals surface area (Å²) in [6, 6.07) is 21.7. The number of aliphatic hydroxyl groups is 1. The van der Waals surface area contributed by atoms with Crippen LogP contribution in [0.15, 0.2) is 72.8 Å². The Morgan fingerprint density at radius 1 is 0.879 bits per heavy atom. The fourth-order valence-corrected chi connectivity index (χ4v) is 2.94. The summed E-state index contributed by atoms with van der Waals surface area (Å²) in [6.07, 6.45) is -0.194. The van der Waals surface area contributed by atoms with Gasteiger partial charge in [0.05, 0.1) is 18.2 Å². The summed E-state index contributed by atoms with van der Waals surface area (Å²) in [5, 5.41) is 24.5. The summed E-state index contributed by atoms with van der Waals surface area (Å²) in [7, 11) is 1.00. The number of ether oxygens (including phenoxy) is 3. The monoisotopic (exact) mass is 451 g/mol. The highest BCUT2D eigenvalue weighted by atomic mass is 16.5. The molecule has 0 aromatic heterocycles. The van der Waals surface area contributed by atoms with Crippen molar-refractivity contribution < 1.29 is 29.2 Å². The van der Waals surface area contributed by atoms with Gasteiger partial charge in [0.2, 0.25) is 0 Å². The first-order valence-electron chi connectivity index (χ1n) is 10.4. The Labute approximate surface area is 193 Å². The van der Waals surface area contributed by atoms with Crippen molar-refractivity contribution >= 4 is 11.7 Å². The van der Waals surface area contributed by atoms with Gasteiger partial charge in [0, 0.05) is 18.7 Å². The third kappa shape index (κ3) is 8.66. The van der Waals surface area contributed by atoms with Gasteiger partial charge in [-0.25, -0.2) is 0 Å². The second kappa shape index (κ2) is 12.9. The van der Waals surface area contributed by atoms with Gasteiger partial charge in [-0.05, 0) is 55.8 Å². The highest BCUT2D eigenvalue weighted by molar-refractivity contribution is 5.99. The van der Waals surface area contributed by atoms with E-state index in [4.69, 9.17) is 29.8 Å². The first kappa shape index (κ1) is 25.4. The van der Waals surface area contributed by atoms with Crippen molar-refractivity contribution in [2.24, 2.45) is 0 Å². The Morgan fingerprint density at radius 2 is 1.55 bits per heavy atom. The van der Waals surface area contributed by atoms with E-state index in [2.05, 4.69) is 0 Å². The second-order valence-corrected chi connectivity index (χ2v) is 7.26. The third-order valence-corrected chi connectivity index (χ3v) is 4.21. The average Bonchev–Trinajstić information content (AvgIpc) is 2.78. The van der Waals surface area contributed by atoms with E-state index in [1.165, 1.54) is 0 Å². The van der Waals surface area contributed by atoms with Crippen molar-refractivity contribution in [1.29, 1.82) is 5.41 Å². The van der Waals surface area contributed by atoms with Gasteiger partial charge in [-0.3, -0.25) is 4.79 Å². The van der Waals surface area contributed by atoms with Crippen LogP contribution in [-0.4, -0.2) is 41.7 Å². The molecular weight excluding hydrogens is 422 g/mol. The van der Waals surface area contributed by atoms with Gasteiger partial charge in [0.15, 0.2) is 0 Å².